The summed E-state index contributed by atoms with van der Waals surface area (Å²) in [6, 6.07) is 19.4. The fourth-order valence-electron chi connectivity index (χ4n) is 6.36. The zero-order chi connectivity index (χ0) is 24.3. The number of hydrogen-bond acceptors (Lipinski definition) is 5. The number of carbonyl (C=O) groups is 2. The van der Waals surface area contributed by atoms with Gasteiger partial charge in [-0.2, -0.15) is 0 Å². The largest absolute Gasteiger partial charge is 0.386 e. The Morgan fingerprint density at radius 1 is 1.03 bits per heavy atom. The van der Waals surface area contributed by atoms with Crippen LogP contribution in [0.15, 0.2) is 60.7 Å². The minimum absolute atomic E-state index is 0.0877. The van der Waals surface area contributed by atoms with Crippen molar-refractivity contribution in [3.63, 3.8) is 0 Å². The molecule has 7 heteroatoms. The fourth-order valence-corrected chi connectivity index (χ4v) is 6.36. The highest BCUT2D eigenvalue weighted by Crippen LogP contribution is 2.49. The molecule has 3 atom stereocenters. The van der Waals surface area contributed by atoms with Crippen molar-refractivity contribution in [2.45, 2.75) is 43.1 Å². The lowest BCUT2D eigenvalue weighted by Crippen LogP contribution is -2.51. The molecule has 0 unspecified atom stereocenters. The first-order valence-corrected chi connectivity index (χ1v) is 12.2. The molecule has 1 saturated heterocycles. The Kier molecular flexibility index (Phi) is 5.18. The number of hydrogen-bond donors (Lipinski definition) is 3. The third-order valence-electron chi connectivity index (χ3n) is 8.04. The molecule has 35 heavy (non-hydrogen) atoms. The summed E-state index contributed by atoms with van der Waals surface area (Å²) in [6.45, 7) is 1.44. The SMILES string of the molecule is CNC(=O)C[C@]1(O)C(=O)N(C2CCN([C@H]3c4cccc5cccc(c45)[C@@H]3O)CC2)c2ccccc21. The number of likely N-dealkylation sites (tertiary alicyclic amines) is 1. The van der Waals surface area contributed by atoms with Gasteiger partial charge in [-0.05, 0) is 40.8 Å². The molecule has 2 amide bonds. The molecule has 3 aliphatic rings. The Morgan fingerprint density at radius 2 is 1.71 bits per heavy atom. The Bertz CT molecular complexity index is 1330. The second-order valence-corrected chi connectivity index (χ2v) is 9.85. The highest BCUT2D eigenvalue weighted by molar-refractivity contribution is 6.09. The number of nitrogens with one attached hydrogen (secondary N) is 1. The number of fused-ring (bicyclic) bond motifs is 1. The highest BCUT2D eigenvalue weighted by atomic mass is 16.3. The summed E-state index contributed by atoms with van der Waals surface area (Å²) in [5.74, 6) is -0.810. The average Bonchev–Trinajstić information content (AvgIpc) is 3.29. The van der Waals surface area contributed by atoms with Crippen LogP contribution in [0, 0.1) is 0 Å². The van der Waals surface area contributed by atoms with Crippen molar-refractivity contribution in [2.24, 2.45) is 0 Å². The summed E-state index contributed by atoms with van der Waals surface area (Å²) in [5, 5.41) is 27.4. The van der Waals surface area contributed by atoms with E-state index < -0.39 is 17.6 Å². The Balaban J connectivity index is 1.25. The van der Waals surface area contributed by atoms with Crippen LogP contribution in [0.2, 0.25) is 0 Å². The van der Waals surface area contributed by atoms with E-state index in [1.807, 2.05) is 30.3 Å². The molecule has 3 aromatic rings. The van der Waals surface area contributed by atoms with E-state index in [9.17, 15) is 19.8 Å². The molecule has 180 valence electrons. The molecule has 1 aliphatic carbocycles. The molecule has 7 nitrogen and oxygen atoms in total. The van der Waals surface area contributed by atoms with Gasteiger partial charge in [-0.25, -0.2) is 0 Å². The molecule has 3 aromatic carbocycles. The van der Waals surface area contributed by atoms with Crippen molar-refractivity contribution in [1.29, 1.82) is 0 Å². The first-order chi connectivity index (χ1) is 16.9. The number of rotatable bonds is 4. The first kappa shape index (κ1) is 22.2. The van der Waals surface area contributed by atoms with Gasteiger partial charge in [0.05, 0.1) is 24.3 Å². The molecular weight excluding hydrogens is 442 g/mol. The highest BCUT2D eigenvalue weighted by Gasteiger charge is 2.53. The van der Waals surface area contributed by atoms with Crippen molar-refractivity contribution in [2.75, 3.05) is 25.0 Å². The second kappa shape index (κ2) is 8.16. The maximum absolute atomic E-state index is 13.5. The van der Waals surface area contributed by atoms with E-state index in [0.717, 1.165) is 35.0 Å². The van der Waals surface area contributed by atoms with Crippen molar-refractivity contribution >= 4 is 28.3 Å². The predicted molar refractivity (Wildman–Crippen MR) is 133 cm³/mol. The molecule has 1 fully saturated rings. The van der Waals surface area contributed by atoms with Crippen molar-refractivity contribution in [1.82, 2.24) is 10.2 Å². The van der Waals surface area contributed by atoms with E-state index in [1.54, 1.807) is 17.0 Å². The van der Waals surface area contributed by atoms with E-state index in [-0.39, 0.29) is 24.4 Å². The molecular formula is C28H29N3O4. The van der Waals surface area contributed by atoms with Gasteiger partial charge in [-0.1, -0.05) is 54.6 Å². The van der Waals surface area contributed by atoms with Gasteiger partial charge in [0.15, 0.2) is 5.60 Å². The standard InChI is InChI=1S/C28H29N3O4/c1-29-23(32)16-28(35)21-10-2-3-11-22(21)31(27(28)34)18-12-14-30(15-13-18)25-19-8-4-6-17-7-5-9-20(24(17)19)26(25)33/h2-11,18,25-26,33,35H,12-16H2,1H3,(H,29,32)/t25-,26-,28+/m0/s1. The van der Waals surface area contributed by atoms with E-state index in [0.29, 0.717) is 24.1 Å². The number of nitrogens with zero attached hydrogens (tertiary/aromatic N) is 2. The van der Waals surface area contributed by atoms with E-state index in [4.69, 9.17) is 0 Å². The summed E-state index contributed by atoms with van der Waals surface area (Å²) < 4.78 is 0. The monoisotopic (exact) mass is 471 g/mol. The molecule has 0 saturated carbocycles. The Morgan fingerprint density at radius 3 is 2.43 bits per heavy atom. The number of aliphatic hydroxyl groups excluding tert-OH is 1. The fraction of sp³-hybridized carbons (Fsp3) is 0.357. The van der Waals surface area contributed by atoms with Gasteiger partial charge in [0, 0.05) is 31.7 Å². The number of amides is 2. The van der Waals surface area contributed by atoms with E-state index >= 15 is 0 Å². The first-order valence-electron chi connectivity index (χ1n) is 12.2. The number of piperidine rings is 1. The Hall–Kier alpha value is -3.26. The lowest BCUT2D eigenvalue weighted by molar-refractivity contribution is -0.143. The van der Waals surface area contributed by atoms with Crippen LogP contribution in [0.4, 0.5) is 5.69 Å². The molecule has 0 bridgehead atoms. The van der Waals surface area contributed by atoms with Gasteiger partial charge in [-0.3, -0.25) is 14.5 Å². The third-order valence-corrected chi connectivity index (χ3v) is 8.04. The number of benzene rings is 3. The Labute approximate surface area is 204 Å². The molecule has 3 N–H and O–H groups in total. The van der Waals surface area contributed by atoms with Crippen molar-refractivity contribution in [3.8, 4) is 0 Å². The maximum atomic E-state index is 13.5. The van der Waals surface area contributed by atoms with Crippen LogP contribution in [0.3, 0.4) is 0 Å². The van der Waals surface area contributed by atoms with Crippen LogP contribution >= 0.6 is 0 Å². The zero-order valence-electron chi connectivity index (χ0n) is 19.6. The molecule has 0 spiro atoms. The van der Waals surface area contributed by atoms with Gasteiger partial charge in [0.25, 0.3) is 5.91 Å². The van der Waals surface area contributed by atoms with Crippen LogP contribution < -0.4 is 10.2 Å². The molecule has 2 heterocycles. The van der Waals surface area contributed by atoms with Gasteiger partial charge in [-0.15, -0.1) is 0 Å². The number of anilines is 1. The topological polar surface area (TPSA) is 93.1 Å². The zero-order valence-corrected chi connectivity index (χ0v) is 19.6. The number of para-hydroxylation sites is 1. The van der Waals surface area contributed by atoms with Gasteiger partial charge in [0.1, 0.15) is 0 Å². The van der Waals surface area contributed by atoms with Crippen LogP contribution in [-0.2, 0) is 15.2 Å². The molecule has 0 radical (unpaired) electrons. The third kappa shape index (κ3) is 3.22. The van der Waals surface area contributed by atoms with Gasteiger partial charge >= 0.3 is 0 Å². The summed E-state index contributed by atoms with van der Waals surface area (Å²) in [6.07, 6.45) is 0.544. The minimum atomic E-state index is -1.85. The maximum Gasteiger partial charge on any atom is 0.264 e. The summed E-state index contributed by atoms with van der Waals surface area (Å²) in [4.78, 5) is 29.7. The van der Waals surface area contributed by atoms with Crippen LogP contribution in [0.1, 0.15) is 48.1 Å². The number of aliphatic hydroxyl groups is 2. The summed E-state index contributed by atoms with van der Waals surface area (Å²) in [7, 11) is 1.50. The second-order valence-electron chi connectivity index (χ2n) is 9.85. The summed E-state index contributed by atoms with van der Waals surface area (Å²) in [5.41, 5.74) is 1.46. The smallest absolute Gasteiger partial charge is 0.264 e. The minimum Gasteiger partial charge on any atom is -0.386 e. The lowest BCUT2D eigenvalue weighted by atomic mass is 9.91. The lowest BCUT2D eigenvalue weighted by Gasteiger charge is -2.41. The normalized spacial score (nSPS) is 26.4. The molecule has 0 aromatic heterocycles. The van der Waals surface area contributed by atoms with E-state index in [1.165, 1.54) is 7.05 Å². The number of carbonyl (C=O) groups excluding carboxylic acids is 2. The van der Waals surface area contributed by atoms with Gasteiger partial charge in [0.2, 0.25) is 5.91 Å². The van der Waals surface area contributed by atoms with E-state index in [2.05, 4.69) is 28.4 Å². The van der Waals surface area contributed by atoms with Crippen LogP contribution in [0.25, 0.3) is 10.8 Å². The summed E-state index contributed by atoms with van der Waals surface area (Å²) >= 11 is 0. The van der Waals surface area contributed by atoms with Crippen molar-refractivity contribution < 1.29 is 19.8 Å². The van der Waals surface area contributed by atoms with Crippen LogP contribution in [0.5, 0.6) is 0 Å². The molecule has 6 rings (SSSR count). The van der Waals surface area contributed by atoms with Gasteiger partial charge < -0.3 is 20.4 Å². The predicted octanol–water partition coefficient (Wildman–Crippen LogP) is 2.76. The van der Waals surface area contributed by atoms with Crippen LogP contribution in [-0.4, -0.2) is 53.1 Å². The quantitative estimate of drug-likeness (QED) is 0.544. The average molecular weight is 472 g/mol. The molecule has 2 aliphatic heterocycles. The van der Waals surface area contributed by atoms with Crippen molar-refractivity contribution in [3.05, 3.63) is 77.4 Å².